The summed E-state index contributed by atoms with van der Waals surface area (Å²) in [6.07, 6.45) is 2.13. The van der Waals surface area contributed by atoms with Gasteiger partial charge in [-0.3, -0.25) is 4.90 Å². The van der Waals surface area contributed by atoms with E-state index in [0.717, 1.165) is 31.8 Å². The van der Waals surface area contributed by atoms with Gasteiger partial charge in [-0.2, -0.15) is 11.8 Å². The van der Waals surface area contributed by atoms with Gasteiger partial charge in [0.25, 0.3) is 0 Å². The molecule has 0 aromatic carbocycles. The molecule has 1 N–H and O–H groups in total. The average Bonchev–Trinajstić information content (AvgIpc) is 2.28. The van der Waals surface area contributed by atoms with Crippen LogP contribution in [-0.4, -0.2) is 53.3 Å². The van der Waals surface area contributed by atoms with Crippen molar-refractivity contribution in [3.8, 4) is 0 Å². The molecule has 1 unspecified atom stereocenters. The maximum absolute atomic E-state index is 12.4. The summed E-state index contributed by atoms with van der Waals surface area (Å²) in [5, 5.41) is 3.43. The van der Waals surface area contributed by atoms with Gasteiger partial charge in [0.2, 0.25) is 0 Å². The second-order valence-corrected chi connectivity index (χ2v) is 7.29. The molecule has 104 valence electrons. The van der Waals surface area contributed by atoms with E-state index in [0.29, 0.717) is 0 Å². The van der Waals surface area contributed by atoms with Crippen molar-refractivity contribution in [1.29, 1.82) is 0 Å². The number of amides is 1. The Morgan fingerprint density at radius 1 is 1.44 bits per heavy atom. The largest absolute Gasteiger partial charge is 0.444 e. The van der Waals surface area contributed by atoms with Crippen LogP contribution >= 0.6 is 11.8 Å². The molecule has 0 bridgehead atoms. The third-order valence-electron chi connectivity index (χ3n) is 3.45. The van der Waals surface area contributed by atoms with E-state index in [1.165, 1.54) is 12.2 Å². The van der Waals surface area contributed by atoms with Crippen molar-refractivity contribution < 1.29 is 9.53 Å². The van der Waals surface area contributed by atoms with Gasteiger partial charge in [0, 0.05) is 25.4 Å². The Morgan fingerprint density at radius 3 is 2.83 bits per heavy atom. The molecule has 1 atom stereocenters. The van der Waals surface area contributed by atoms with Crippen molar-refractivity contribution in [1.82, 2.24) is 10.2 Å². The Morgan fingerprint density at radius 2 is 2.22 bits per heavy atom. The van der Waals surface area contributed by atoms with E-state index in [1.807, 2.05) is 37.4 Å². The Hall–Kier alpha value is -0.420. The maximum Gasteiger partial charge on any atom is 0.410 e. The topological polar surface area (TPSA) is 41.6 Å². The Kier molecular flexibility index (Phi) is 4.11. The van der Waals surface area contributed by atoms with Gasteiger partial charge in [0.15, 0.2) is 0 Å². The van der Waals surface area contributed by atoms with Gasteiger partial charge in [0.05, 0.1) is 5.54 Å². The summed E-state index contributed by atoms with van der Waals surface area (Å²) in [6.45, 7) is 8.31. The Bertz CT molecular complexity index is 300. The van der Waals surface area contributed by atoms with Crippen molar-refractivity contribution in [2.24, 2.45) is 0 Å². The van der Waals surface area contributed by atoms with Crippen LogP contribution in [0.1, 0.15) is 33.6 Å². The van der Waals surface area contributed by atoms with Crippen LogP contribution < -0.4 is 5.32 Å². The number of piperazine rings is 1. The number of nitrogens with zero attached hydrogens (tertiary/aromatic N) is 1. The first-order chi connectivity index (χ1) is 8.43. The second kappa shape index (κ2) is 5.29. The Labute approximate surface area is 114 Å². The summed E-state index contributed by atoms with van der Waals surface area (Å²) in [6, 6.07) is 0. The third-order valence-corrected chi connectivity index (χ3v) is 4.77. The first-order valence-corrected chi connectivity index (χ1v) is 7.88. The lowest BCUT2D eigenvalue weighted by Gasteiger charge is -2.49. The maximum atomic E-state index is 12.4. The Balaban J connectivity index is 2.10. The number of ether oxygens (including phenoxy) is 1. The summed E-state index contributed by atoms with van der Waals surface area (Å²) in [5.41, 5.74) is -0.436. The summed E-state index contributed by atoms with van der Waals surface area (Å²) in [7, 11) is 0. The zero-order valence-corrected chi connectivity index (χ0v) is 12.4. The highest BCUT2D eigenvalue weighted by Gasteiger charge is 2.44. The summed E-state index contributed by atoms with van der Waals surface area (Å²) in [5.74, 6) is 2.24. The van der Waals surface area contributed by atoms with E-state index in [1.54, 1.807) is 0 Å². The molecule has 1 spiro atoms. The summed E-state index contributed by atoms with van der Waals surface area (Å²) < 4.78 is 5.55. The molecule has 4 nitrogen and oxygen atoms in total. The van der Waals surface area contributed by atoms with Crippen molar-refractivity contribution >= 4 is 17.9 Å². The second-order valence-electron chi connectivity index (χ2n) is 6.19. The molecule has 0 saturated carbocycles. The molecule has 2 saturated heterocycles. The molecule has 1 amide bonds. The van der Waals surface area contributed by atoms with Crippen LogP contribution in [0.15, 0.2) is 0 Å². The molecule has 0 aromatic rings. The molecule has 18 heavy (non-hydrogen) atoms. The van der Waals surface area contributed by atoms with Crippen molar-refractivity contribution in [3.63, 3.8) is 0 Å². The third kappa shape index (κ3) is 3.12. The van der Waals surface area contributed by atoms with Crippen LogP contribution in [0, 0.1) is 0 Å². The van der Waals surface area contributed by atoms with Crippen LogP contribution in [0.5, 0.6) is 0 Å². The van der Waals surface area contributed by atoms with Crippen molar-refractivity contribution in [2.45, 2.75) is 44.8 Å². The average molecular weight is 272 g/mol. The van der Waals surface area contributed by atoms with E-state index in [2.05, 4.69) is 5.32 Å². The lowest BCUT2D eigenvalue weighted by molar-refractivity contribution is -0.00836. The predicted octanol–water partition coefficient (Wildman–Crippen LogP) is 2.09. The highest BCUT2D eigenvalue weighted by molar-refractivity contribution is 7.99. The van der Waals surface area contributed by atoms with Crippen LogP contribution in [0.3, 0.4) is 0 Å². The van der Waals surface area contributed by atoms with Gasteiger partial charge in [-0.05, 0) is 39.4 Å². The van der Waals surface area contributed by atoms with Crippen LogP contribution in [-0.2, 0) is 4.74 Å². The quantitative estimate of drug-likeness (QED) is 0.733. The molecule has 0 aliphatic carbocycles. The van der Waals surface area contributed by atoms with Gasteiger partial charge in [-0.15, -0.1) is 0 Å². The molecule has 2 rings (SSSR count). The van der Waals surface area contributed by atoms with Gasteiger partial charge >= 0.3 is 6.09 Å². The normalized spacial score (nSPS) is 29.4. The van der Waals surface area contributed by atoms with Gasteiger partial charge in [-0.25, -0.2) is 4.79 Å². The van der Waals surface area contributed by atoms with E-state index < -0.39 is 5.60 Å². The van der Waals surface area contributed by atoms with Gasteiger partial charge in [-0.1, -0.05) is 0 Å². The molecule has 2 aliphatic rings. The lowest BCUT2D eigenvalue weighted by atomic mass is 9.91. The van der Waals surface area contributed by atoms with Crippen molar-refractivity contribution in [3.05, 3.63) is 0 Å². The minimum atomic E-state index is -0.412. The minimum Gasteiger partial charge on any atom is -0.444 e. The summed E-state index contributed by atoms with van der Waals surface area (Å²) >= 11 is 1.95. The molecule has 0 aromatic heterocycles. The van der Waals surface area contributed by atoms with E-state index in [9.17, 15) is 4.79 Å². The van der Waals surface area contributed by atoms with Crippen LogP contribution in [0.2, 0.25) is 0 Å². The number of hydrogen-bond donors (Lipinski definition) is 1. The SMILES string of the molecule is CC(C)(C)OC(=O)N1CCNCC12CCCSC2. The zero-order chi connectivity index (χ0) is 13.2. The predicted molar refractivity (Wildman–Crippen MR) is 75.1 cm³/mol. The molecule has 2 fully saturated rings. The number of carbonyl (C=O) groups excluding carboxylic acids is 1. The van der Waals surface area contributed by atoms with Crippen molar-refractivity contribution in [2.75, 3.05) is 31.1 Å². The fraction of sp³-hybridized carbons (Fsp3) is 0.923. The molecule has 5 heteroatoms. The van der Waals surface area contributed by atoms with Gasteiger partial charge < -0.3 is 10.1 Å². The number of carbonyl (C=O) groups is 1. The number of thioether (sulfide) groups is 1. The molecular formula is C13H24N2O2S. The van der Waals surface area contributed by atoms with Gasteiger partial charge in [0.1, 0.15) is 5.60 Å². The fourth-order valence-corrected chi connectivity index (χ4v) is 3.91. The minimum absolute atomic E-state index is 0.0243. The van der Waals surface area contributed by atoms with Crippen LogP contribution in [0.4, 0.5) is 4.79 Å². The molecule has 2 aliphatic heterocycles. The van der Waals surface area contributed by atoms with E-state index in [4.69, 9.17) is 4.74 Å². The fourth-order valence-electron chi connectivity index (χ4n) is 2.64. The monoisotopic (exact) mass is 272 g/mol. The molecule has 2 heterocycles. The highest BCUT2D eigenvalue weighted by Crippen LogP contribution is 2.34. The first kappa shape index (κ1) is 14.0. The van der Waals surface area contributed by atoms with E-state index >= 15 is 0 Å². The first-order valence-electron chi connectivity index (χ1n) is 6.72. The standard InChI is InChI=1S/C13H24N2O2S/c1-12(2,3)17-11(16)15-7-6-14-9-13(15)5-4-8-18-10-13/h14H,4-10H2,1-3H3. The summed E-state index contributed by atoms with van der Waals surface area (Å²) in [4.78, 5) is 14.3. The number of hydrogen-bond acceptors (Lipinski definition) is 4. The molecular weight excluding hydrogens is 248 g/mol. The van der Waals surface area contributed by atoms with Crippen LogP contribution in [0.25, 0.3) is 0 Å². The van der Waals surface area contributed by atoms with E-state index in [-0.39, 0.29) is 11.6 Å². The number of rotatable bonds is 0. The highest BCUT2D eigenvalue weighted by atomic mass is 32.2. The lowest BCUT2D eigenvalue weighted by Crippen LogP contribution is -2.65. The molecule has 0 radical (unpaired) electrons. The smallest absolute Gasteiger partial charge is 0.410 e. The zero-order valence-electron chi connectivity index (χ0n) is 11.6. The number of nitrogens with one attached hydrogen (secondary N) is 1.